The lowest BCUT2D eigenvalue weighted by Crippen LogP contribution is -2.53. The SMILES string of the molecule is CN(CCO)CC1COCCN1C(=O)c1cccc(C#N)c1.O=CO. The van der Waals surface area contributed by atoms with Crippen molar-refractivity contribution in [2.75, 3.05) is 46.5 Å². The largest absolute Gasteiger partial charge is 0.483 e. The summed E-state index contributed by atoms with van der Waals surface area (Å²) >= 11 is 0. The third-order valence-corrected chi connectivity index (χ3v) is 3.73. The van der Waals surface area contributed by atoms with E-state index in [0.29, 0.717) is 44.0 Å². The van der Waals surface area contributed by atoms with E-state index in [1.54, 1.807) is 29.2 Å². The van der Waals surface area contributed by atoms with Crippen LogP contribution >= 0.6 is 0 Å². The maximum atomic E-state index is 12.7. The van der Waals surface area contributed by atoms with Gasteiger partial charge in [-0.25, -0.2) is 0 Å². The van der Waals surface area contributed by atoms with Crippen LogP contribution in [0.3, 0.4) is 0 Å². The summed E-state index contributed by atoms with van der Waals surface area (Å²) in [5.74, 6) is -0.0807. The maximum Gasteiger partial charge on any atom is 0.290 e. The van der Waals surface area contributed by atoms with Crippen molar-refractivity contribution in [3.8, 4) is 6.07 Å². The number of rotatable bonds is 5. The van der Waals surface area contributed by atoms with E-state index in [4.69, 9.17) is 25.0 Å². The van der Waals surface area contributed by atoms with E-state index in [-0.39, 0.29) is 25.0 Å². The van der Waals surface area contributed by atoms with Gasteiger partial charge in [-0.2, -0.15) is 5.26 Å². The molecule has 0 spiro atoms. The molecule has 1 aromatic rings. The Bertz CT molecular complexity index is 602. The fourth-order valence-corrected chi connectivity index (χ4v) is 2.58. The molecule has 1 aliphatic rings. The topological polar surface area (TPSA) is 114 Å². The summed E-state index contributed by atoms with van der Waals surface area (Å²) in [4.78, 5) is 24.8. The van der Waals surface area contributed by atoms with Crippen molar-refractivity contribution in [2.24, 2.45) is 0 Å². The Labute approximate surface area is 146 Å². The van der Waals surface area contributed by atoms with Gasteiger partial charge in [0.2, 0.25) is 0 Å². The van der Waals surface area contributed by atoms with Crippen LogP contribution in [-0.4, -0.2) is 84.9 Å². The van der Waals surface area contributed by atoms with Crippen molar-refractivity contribution in [1.82, 2.24) is 9.80 Å². The van der Waals surface area contributed by atoms with Gasteiger partial charge in [0, 0.05) is 25.2 Å². The number of ether oxygens (including phenoxy) is 1. The molecule has 8 nitrogen and oxygen atoms in total. The smallest absolute Gasteiger partial charge is 0.290 e. The van der Waals surface area contributed by atoms with Crippen LogP contribution in [0.4, 0.5) is 0 Å². The molecule has 0 bridgehead atoms. The van der Waals surface area contributed by atoms with Gasteiger partial charge in [-0.3, -0.25) is 9.59 Å². The van der Waals surface area contributed by atoms with Crippen molar-refractivity contribution in [2.45, 2.75) is 6.04 Å². The average Bonchev–Trinajstić information content (AvgIpc) is 2.62. The number of carboxylic acid groups (broad SMARTS) is 1. The number of hydrogen-bond acceptors (Lipinski definition) is 6. The summed E-state index contributed by atoms with van der Waals surface area (Å²) in [6.07, 6.45) is 0. The lowest BCUT2D eigenvalue weighted by molar-refractivity contribution is -0.122. The van der Waals surface area contributed by atoms with Crippen LogP contribution in [0.25, 0.3) is 0 Å². The molecule has 0 saturated carbocycles. The molecule has 0 aliphatic carbocycles. The molecule has 2 N–H and O–H groups in total. The first-order valence-corrected chi connectivity index (χ1v) is 7.83. The molecule has 1 amide bonds. The second-order valence-corrected chi connectivity index (χ2v) is 5.51. The third kappa shape index (κ3) is 6.51. The van der Waals surface area contributed by atoms with Crippen LogP contribution in [0.15, 0.2) is 24.3 Å². The van der Waals surface area contributed by atoms with E-state index in [2.05, 4.69) is 6.07 Å². The average molecular weight is 349 g/mol. The molecule has 1 unspecified atom stereocenters. The van der Waals surface area contributed by atoms with Crippen LogP contribution in [0.2, 0.25) is 0 Å². The maximum absolute atomic E-state index is 12.7. The van der Waals surface area contributed by atoms with Gasteiger partial charge >= 0.3 is 0 Å². The number of nitriles is 1. The molecule has 1 aliphatic heterocycles. The van der Waals surface area contributed by atoms with Gasteiger partial charge in [0.25, 0.3) is 12.4 Å². The van der Waals surface area contributed by atoms with Crippen LogP contribution in [-0.2, 0) is 9.53 Å². The predicted molar refractivity (Wildman–Crippen MR) is 90.1 cm³/mol. The number of aliphatic hydroxyl groups excluding tert-OH is 1. The van der Waals surface area contributed by atoms with Crippen LogP contribution in [0, 0.1) is 11.3 Å². The van der Waals surface area contributed by atoms with E-state index in [1.807, 2.05) is 11.9 Å². The van der Waals surface area contributed by atoms with Crippen molar-refractivity contribution in [3.63, 3.8) is 0 Å². The van der Waals surface area contributed by atoms with Crippen LogP contribution in [0.5, 0.6) is 0 Å². The molecule has 1 heterocycles. The van der Waals surface area contributed by atoms with Gasteiger partial charge in [-0.1, -0.05) is 6.07 Å². The molecule has 1 aromatic carbocycles. The van der Waals surface area contributed by atoms with E-state index in [0.717, 1.165) is 0 Å². The molecule has 2 rings (SSSR count). The van der Waals surface area contributed by atoms with Crippen molar-refractivity contribution in [3.05, 3.63) is 35.4 Å². The highest BCUT2D eigenvalue weighted by Crippen LogP contribution is 2.14. The molecule has 1 fully saturated rings. The van der Waals surface area contributed by atoms with E-state index in [1.165, 1.54) is 0 Å². The summed E-state index contributed by atoms with van der Waals surface area (Å²) in [6.45, 7) is 2.57. The van der Waals surface area contributed by atoms with Gasteiger partial charge in [-0.15, -0.1) is 0 Å². The number of benzene rings is 1. The fraction of sp³-hybridized carbons (Fsp3) is 0.471. The molecule has 0 radical (unpaired) electrons. The van der Waals surface area contributed by atoms with Crippen molar-refractivity contribution >= 4 is 12.4 Å². The quantitative estimate of drug-likeness (QED) is 0.721. The fourth-order valence-electron chi connectivity index (χ4n) is 2.58. The highest BCUT2D eigenvalue weighted by Gasteiger charge is 2.28. The molecule has 1 atom stereocenters. The lowest BCUT2D eigenvalue weighted by atomic mass is 10.1. The van der Waals surface area contributed by atoms with Gasteiger partial charge in [-0.05, 0) is 25.2 Å². The van der Waals surface area contributed by atoms with Crippen molar-refractivity contribution in [1.29, 1.82) is 5.26 Å². The zero-order valence-corrected chi connectivity index (χ0v) is 14.2. The Morgan fingerprint density at radius 1 is 1.56 bits per heavy atom. The minimum absolute atomic E-state index is 0.0523. The van der Waals surface area contributed by atoms with Gasteiger partial charge in [0.15, 0.2) is 0 Å². The standard InChI is InChI=1S/C16H21N3O3.CH2O2/c1-18(5-7-20)11-15-12-22-8-6-19(15)16(21)14-4-2-3-13(9-14)10-17;2-1-3/h2-4,9,15,20H,5-8,11-12H2,1H3;1H,(H,2,3). The summed E-state index contributed by atoms with van der Waals surface area (Å²) in [5.41, 5.74) is 1.00. The molecule has 1 saturated heterocycles. The van der Waals surface area contributed by atoms with Gasteiger partial charge < -0.3 is 24.7 Å². The monoisotopic (exact) mass is 349 g/mol. The zero-order chi connectivity index (χ0) is 18.7. The molecule has 25 heavy (non-hydrogen) atoms. The number of nitrogens with zero attached hydrogens (tertiary/aromatic N) is 3. The Kier molecular flexibility index (Phi) is 9.17. The number of morpholine rings is 1. The highest BCUT2D eigenvalue weighted by molar-refractivity contribution is 5.94. The number of carbonyl (C=O) groups excluding carboxylic acids is 1. The van der Waals surface area contributed by atoms with Gasteiger partial charge in [0.1, 0.15) is 0 Å². The summed E-state index contributed by atoms with van der Waals surface area (Å²) < 4.78 is 5.49. The second-order valence-electron chi connectivity index (χ2n) is 5.51. The first kappa shape index (κ1) is 20.6. The summed E-state index contributed by atoms with van der Waals surface area (Å²) in [7, 11) is 1.91. The van der Waals surface area contributed by atoms with Crippen molar-refractivity contribution < 1.29 is 24.5 Å². The Hall–Kier alpha value is -2.47. The zero-order valence-electron chi connectivity index (χ0n) is 14.2. The third-order valence-electron chi connectivity index (χ3n) is 3.73. The number of amides is 1. The van der Waals surface area contributed by atoms with E-state index >= 15 is 0 Å². The van der Waals surface area contributed by atoms with E-state index < -0.39 is 0 Å². The normalized spacial score (nSPS) is 16.6. The Morgan fingerprint density at radius 3 is 2.92 bits per heavy atom. The summed E-state index contributed by atoms with van der Waals surface area (Å²) in [6, 6.07) is 8.75. The lowest BCUT2D eigenvalue weighted by Gasteiger charge is -2.37. The van der Waals surface area contributed by atoms with Crippen LogP contribution in [0.1, 0.15) is 15.9 Å². The van der Waals surface area contributed by atoms with Crippen LogP contribution < -0.4 is 0 Å². The number of carbonyl (C=O) groups is 2. The summed E-state index contributed by atoms with van der Waals surface area (Å²) in [5, 5.41) is 24.8. The minimum atomic E-state index is -0.250. The molecular weight excluding hydrogens is 326 g/mol. The van der Waals surface area contributed by atoms with E-state index in [9.17, 15) is 4.79 Å². The second kappa shape index (κ2) is 11.1. The predicted octanol–water partition coefficient (Wildman–Crippen LogP) is 0.0242. The molecular formula is C17H23N3O5. The highest BCUT2D eigenvalue weighted by atomic mass is 16.5. The molecule has 0 aromatic heterocycles. The molecule has 8 heteroatoms. The number of likely N-dealkylation sites (N-methyl/N-ethyl adjacent to an activating group) is 1. The number of hydrogen-bond donors (Lipinski definition) is 2. The number of aliphatic hydroxyl groups is 1. The minimum Gasteiger partial charge on any atom is -0.483 e. The first-order valence-electron chi connectivity index (χ1n) is 7.83. The van der Waals surface area contributed by atoms with Gasteiger partial charge in [0.05, 0.1) is 37.5 Å². The Balaban J connectivity index is 0.000000970. The first-order chi connectivity index (χ1) is 12.1. The molecule has 136 valence electrons. The Morgan fingerprint density at radius 2 is 2.28 bits per heavy atom.